The molecule has 2 rings (SSSR count). The van der Waals surface area contributed by atoms with E-state index in [0.717, 1.165) is 18.8 Å². The first-order chi connectivity index (χ1) is 4.97. The van der Waals surface area contributed by atoms with Crippen LogP contribution in [-0.2, 0) is 43.0 Å². The van der Waals surface area contributed by atoms with Crippen LogP contribution >= 0.6 is 0 Å². The second kappa shape index (κ2) is 5.75. The van der Waals surface area contributed by atoms with Crippen LogP contribution in [0.25, 0.3) is 0 Å². The van der Waals surface area contributed by atoms with Crippen molar-refractivity contribution in [3.63, 3.8) is 0 Å². The SMILES string of the molecule is [Cu].[Zn].c1ccc2c(c1)CCCO2. The molecule has 1 nitrogen and oxygen atoms in total. The van der Waals surface area contributed by atoms with Crippen LogP contribution < -0.4 is 4.74 Å². The van der Waals surface area contributed by atoms with Gasteiger partial charge in [0.15, 0.2) is 0 Å². The Morgan fingerprint density at radius 2 is 1.92 bits per heavy atom. The van der Waals surface area contributed by atoms with Gasteiger partial charge in [-0.25, -0.2) is 0 Å². The molecule has 0 aliphatic carbocycles. The zero-order valence-corrected chi connectivity index (χ0v) is 10.8. The number of rotatable bonds is 0. The molecule has 0 unspecified atom stereocenters. The van der Waals surface area contributed by atoms with E-state index in [1.54, 1.807) is 0 Å². The van der Waals surface area contributed by atoms with Crippen molar-refractivity contribution in [1.82, 2.24) is 0 Å². The molecule has 0 fully saturated rings. The maximum Gasteiger partial charge on any atom is 0.122 e. The first-order valence-corrected chi connectivity index (χ1v) is 3.67. The molecule has 0 spiro atoms. The zero-order chi connectivity index (χ0) is 6.81. The van der Waals surface area contributed by atoms with Gasteiger partial charge in [-0.15, -0.1) is 0 Å². The predicted octanol–water partition coefficient (Wildman–Crippen LogP) is 2.01. The van der Waals surface area contributed by atoms with Crippen molar-refractivity contribution in [3.05, 3.63) is 29.8 Å². The summed E-state index contributed by atoms with van der Waals surface area (Å²) in [6.07, 6.45) is 2.34. The van der Waals surface area contributed by atoms with Gasteiger partial charge in [0.05, 0.1) is 6.61 Å². The standard InChI is InChI=1S/C9H10O.Cu.Zn/c1-2-6-9-8(4-1)5-3-7-10-9;;/h1-2,4,6H,3,5,7H2;;. The number of hydrogen-bond donors (Lipinski definition) is 0. The molecule has 1 heterocycles. The average molecular weight is 263 g/mol. The molecule has 12 heavy (non-hydrogen) atoms. The second-order valence-electron chi connectivity index (χ2n) is 2.56. The molecule has 0 saturated heterocycles. The number of ether oxygens (including phenoxy) is 1. The summed E-state index contributed by atoms with van der Waals surface area (Å²) in [6, 6.07) is 8.25. The van der Waals surface area contributed by atoms with Crippen LogP contribution in [0.2, 0.25) is 0 Å². The van der Waals surface area contributed by atoms with E-state index < -0.39 is 0 Å². The molecule has 1 aliphatic rings. The third-order valence-corrected chi connectivity index (χ3v) is 1.82. The fraction of sp³-hybridized carbons (Fsp3) is 0.333. The Kier molecular flexibility index (Phi) is 5.83. The van der Waals surface area contributed by atoms with Gasteiger partial charge in [-0.1, -0.05) is 18.2 Å². The predicted molar refractivity (Wildman–Crippen MR) is 40.3 cm³/mol. The molecular weight excluding hydrogens is 253 g/mol. The van der Waals surface area contributed by atoms with Crippen molar-refractivity contribution < 1.29 is 41.3 Å². The van der Waals surface area contributed by atoms with Gasteiger partial charge in [-0.05, 0) is 24.5 Å². The smallest absolute Gasteiger partial charge is 0.122 e. The Bertz CT molecular complexity index is 215. The van der Waals surface area contributed by atoms with E-state index in [2.05, 4.69) is 12.1 Å². The molecule has 0 saturated carbocycles. The molecule has 0 atom stereocenters. The molecule has 65 valence electrons. The van der Waals surface area contributed by atoms with Crippen molar-refractivity contribution in [1.29, 1.82) is 0 Å². The van der Waals surface area contributed by atoms with Gasteiger partial charge < -0.3 is 4.74 Å². The minimum Gasteiger partial charge on any atom is -0.493 e. The fourth-order valence-electron chi connectivity index (χ4n) is 1.30. The van der Waals surface area contributed by atoms with E-state index in [1.807, 2.05) is 12.1 Å². The number of hydrogen-bond acceptors (Lipinski definition) is 1. The Morgan fingerprint density at radius 1 is 1.17 bits per heavy atom. The number of benzene rings is 1. The molecule has 0 amide bonds. The largest absolute Gasteiger partial charge is 0.493 e. The number of fused-ring (bicyclic) bond motifs is 1. The maximum absolute atomic E-state index is 5.42. The van der Waals surface area contributed by atoms with Gasteiger partial charge in [0.25, 0.3) is 0 Å². The van der Waals surface area contributed by atoms with Gasteiger partial charge in [-0.2, -0.15) is 0 Å². The van der Waals surface area contributed by atoms with Crippen LogP contribution in [0.5, 0.6) is 5.75 Å². The van der Waals surface area contributed by atoms with Crippen LogP contribution in [0.4, 0.5) is 0 Å². The third-order valence-electron chi connectivity index (χ3n) is 1.82. The van der Waals surface area contributed by atoms with Crippen LogP contribution in [0, 0.1) is 0 Å². The molecule has 1 aromatic carbocycles. The van der Waals surface area contributed by atoms with Crippen LogP contribution in [0.3, 0.4) is 0 Å². The van der Waals surface area contributed by atoms with Crippen molar-refractivity contribution in [2.75, 3.05) is 6.61 Å². The van der Waals surface area contributed by atoms with Crippen molar-refractivity contribution in [2.24, 2.45) is 0 Å². The van der Waals surface area contributed by atoms with Gasteiger partial charge in [0, 0.05) is 36.5 Å². The van der Waals surface area contributed by atoms with Crippen LogP contribution in [0.15, 0.2) is 24.3 Å². The van der Waals surface area contributed by atoms with Gasteiger partial charge >= 0.3 is 0 Å². The second-order valence-corrected chi connectivity index (χ2v) is 2.56. The van der Waals surface area contributed by atoms with E-state index in [4.69, 9.17) is 4.74 Å². The van der Waals surface area contributed by atoms with E-state index in [1.165, 1.54) is 12.0 Å². The Hall–Kier alpha value is 0.163. The quantitative estimate of drug-likeness (QED) is 0.650. The van der Waals surface area contributed by atoms with E-state index in [0.29, 0.717) is 0 Å². The molecule has 0 bridgehead atoms. The van der Waals surface area contributed by atoms with E-state index in [9.17, 15) is 0 Å². The van der Waals surface area contributed by atoms with Gasteiger partial charge in [0.1, 0.15) is 5.75 Å². The zero-order valence-electron chi connectivity index (χ0n) is 6.85. The summed E-state index contributed by atoms with van der Waals surface area (Å²) < 4.78 is 5.42. The molecule has 3 heteroatoms. The summed E-state index contributed by atoms with van der Waals surface area (Å²) in [6.45, 7) is 0.886. The summed E-state index contributed by atoms with van der Waals surface area (Å²) in [7, 11) is 0. The molecule has 1 radical (unpaired) electrons. The fourth-order valence-corrected chi connectivity index (χ4v) is 1.30. The maximum atomic E-state index is 5.42. The monoisotopic (exact) mass is 261 g/mol. The van der Waals surface area contributed by atoms with E-state index in [-0.39, 0.29) is 36.5 Å². The van der Waals surface area contributed by atoms with Gasteiger partial charge in [-0.3, -0.25) is 0 Å². The van der Waals surface area contributed by atoms with E-state index >= 15 is 0 Å². The molecule has 0 aromatic heterocycles. The summed E-state index contributed by atoms with van der Waals surface area (Å²) >= 11 is 0. The number of para-hydroxylation sites is 1. The third kappa shape index (κ3) is 2.59. The van der Waals surface area contributed by atoms with Crippen LogP contribution in [-0.4, -0.2) is 6.61 Å². The first kappa shape index (κ1) is 12.2. The average Bonchev–Trinajstić information content (AvgIpc) is 2.05. The topological polar surface area (TPSA) is 9.23 Å². The van der Waals surface area contributed by atoms with Crippen LogP contribution in [0.1, 0.15) is 12.0 Å². The summed E-state index contributed by atoms with van der Waals surface area (Å²) in [4.78, 5) is 0. The van der Waals surface area contributed by atoms with Crippen molar-refractivity contribution >= 4 is 0 Å². The molecule has 0 N–H and O–H groups in total. The summed E-state index contributed by atoms with van der Waals surface area (Å²) in [5.41, 5.74) is 1.36. The Morgan fingerprint density at radius 3 is 2.67 bits per heavy atom. The van der Waals surface area contributed by atoms with Crippen molar-refractivity contribution in [2.45, 2.75) is 12.8 Å². The Balaban J connectivity index is 0.000000605. The first-order valence-electron chi connectivity index (χ1n) is 3.67. The van der Waals surface area contributed by atoms with Gasteiger partial charge in [0.2, 0.25) is 0 Å². The Labute approximate surface area is 96.1 Å². The minimum atomic E-state index is 0. The summed E-state index contributed by atoms with van der Waals surface area (Å²) in [5.74, 6) is 1.08. The molecule has 1 aliphatic heterocycles. The summed E-state index contributed by atoms with van der Waals surface area (Å²) in [5, 5.41) is 0. The molecule has 1 aromatic rings. The molecular formula is C9H10CuOZn. The van der Waals surface area contributed by atoms with Crippen molar-refractivity contribution in [3.8, 4) is 5.75 Å². The normalized spacial score (nSPS) is 13.0. The number of aryl methyl sites for hydroxylation is 1. The minimum absolute atomic E-state index is 0.